The van der Waals surface area contributed by atoms with Crippen LogP contribution in [0.4, 0.5) is 0 Å². The lowest BCUT2D eigenvalue weighted by atomic mass is 10.4. The Bertz CT molecular complexity index is 267. The lowest BCUT2D eigenvalue weighted by Gasteiger charge is -1.96. The van der Waals surface area contributed by atoms with Gasteiger partial charge in [0.1, 0.15) is 12.4 Å². The van der Waals surface area contributed by atoms with E-state index in [1.807, 2.05) is 6.92 Å². The minimum absolute atomic E-state index is 0.181. The van der Waals surface area contributed by atoms with Gasteiger partial charge in [0.25, 0.3) is 5.91 Å². The molecule has 1 heterocycles. The van der Waals surface area contributed by atoms with E-state index in [2.05, 4.69) is 5.32 Å². The molecule has 0 saturated carbocycles. The molecule has 0 unspecified atom stereocenters. The molecule has 0 aromatic carbocycles. The third-order valence-electron chi connectivity index (χ3n) is 1.38. The Morgan fingerprint density at radius 2 is 2.42 bits per heavy atom. The van der Waals surface area contributed by atoms with E-state index in [0.29, 0.717) is 12.3 Å². The zero-order valence-electron chi connectivity index (χ0n) is 6.83. The van der Waals surface area contributed by atoms with Crippen molar-refractivity contribution >= 4 is 5.91 Å². The molecule has 0 fully saturated rings. The van der Waals surface area contributed by atoms with E-state index < -0.39 is 0 Å². The number of carbonyl (C=O) groups is 1. The van der Waals surface area contributed by atoms with Gasteiger partial charge in [0.05, 0.1) is 0 Å². The van der Waals surface area contributed by atoms with Crippen LogP contribution in [0.5, 0.6) is 0 Å². The molecule has 1 aromatic rings. The minimum Gasteiger partial charge on any atom is -0.453 e. The van der Waals surface area contributed by atoms with Crippen molar-refractivity contribution < 1.29 is 14.3 Å². The van der Waals surface area contributed by atoms with Gasteiger partial charge in [0.15, 0.2) is 5.76 Å². The van der Waals surface area contributed by atoms with Crippen LogP contribution >= 0.6 is 0 Å². The van der Waals surface area contributed by atoms with Crippen molar-refractivity contribution in [1.29, 1.82) is 0 Å². The smallest absolute Gasteiger partial charge is 0.286 e. The first-order valence-electron chi connectivity index (χ1n) is 3.75. The Balaban J connectivity index is 2.68. The van der Waals surface area contributed by atoms with Gasteiger partial charge in [-0.1, -0.05) is 0 Å². The number of nitrogens with one attached hydrogen (secondary N) is 1. The molecule has 4 heteroatoms. The molecule has 1 amide bonds. The first-order chi connectivity index (χ1) is 5.77. The number of hydrogen-bond acceptors (Lipinski definition) is 3. The van der Waals surface area contributed by atoms with E-state index in [4.69, 9.17) is 9.52 Å². The zero-order valence-corrected chi connectivity index (χ0v) is 6.83. The van der Waals surface area contributed by atoms with E-state index in [0.717, 1.165) is 0 Å². The third kappa shape index (κ3) is 1.85. The molecule has 1 aromatic heterocycles. The number of carbonyl (C=O) groups excluding carboxylic acids is 1. The van der Waals surface area contributed by atoms with Crippen LogP contribution < -0.4 is 5.32 Å². The van der Waals surface area contributed by atoms with Gasteiger partial charge in [-0.3, -0.25) is 4.79 Å². The van der Waals surface area contributed by atoms with Crippen molar-refractivity contribution in [1.82, 2.24) is 5.32 Å². The van der Waals surface area contributed by atoms with E-state index >= 15 is 0 Å². The van der Waals surface area contributed by atoms with Crippen LogP contribution in [0.1, 0.15) is 23.2 Å². The van der Waals surface area contributed by atoms with Crippen molar-refractivity contribution in [2.75, 3.05) is 6.54 Å². The summed E-state index contributed by atoms with van der Waals surface area (Å²) in [5.41, 5.74) is 0. The predicted molar refractivity (Wildman–Crippen MR) is 42.6 cm³/mol. The van der Waals surface area contributed by atoms with Crippen LogP contribution in [0, 0.1) is 0 Å². The van der Waals surface area contributed by atoms with Crippen LogP contribution in [-0.4, -0.2) is 17.6 Å². The Morgan fingerprint density at radius 1 is 1.67 bits per heavy atom. The molecular formula is C8H11NO3. The summed E-state index contributed by atoms with van der Waals surface area (Å²) in [6.07, 6.45) is 0. The molecule has 66 valence electrons. The van der Waals surface area contributed by atoms with Crippen molar-refractivity contribution in [2.45, 2.75) is 13.5 Å². The average Bonchev–Trinajstić information content (AvgIpc) is 2.52. The highest BCUT2D eigenvalue weighted by Crippen LogP contribution is 2.06. The number of amides is 1. The van der Waals surface area contributed by atoms with Crippen molar-refractivity contribution in [3.63, 3.8) is 0 Å². The number of hydrogen-bond donors (Lipinski definition) is 2. The average molecular weight is 169 g/mol. The highest BCUT2D eigenvalue weighted by molar-refractivity contribution is 5.91. The van der Waals surface area contributed by atoms with E-state index in [1.54, 1.807) is 6.07 Å². The standard InChI is InChI=1S/C8H11NO3/c1-2-9-8(11)7-4-3-6(5-10)12-7/h3-4,10H,2,5H2,1H3,(H,9,11). The summed E-state index contributed by atoms with van der Waals surface area (Å²) < 4.78 is 4.99. The number of furan rings is 1. The minimum atomic E-state index is -0.253. The highest BCUT2D eigenvalue weighted by atomic mass is 16.4. The Kier molecular flexibility index (Phi) is 2.88. The summed E-state index contributed by atoms with van der Waals surface area (Å²) in [6.45, 7) is 2.21. The largest absolute Gasteiger partial charge is 0.453 e. The first kappa shape index (κ1) is 8.80. The monoisotopic (exact) mass is 169 g/mol. The second-order valence-corrected chi connectivity index (χ2v) is 2.28. The Labute approximate surface area is 70.2 Å². The molecule has 0 bridgehead atoms. The molecule has 2 N–H and O–H groups in total. The highest BCUT2D eigenvalue weighted by Gasteiger charge is 2.08. The maximum atomic E-state index is 11.1. The van der Waals surface area contributed by atoms with E-state index in [-0.39, 0.29) is 18.3 Å². The molecule has 4 nitrogen and oxygen atoms in total. The Hall–Kier alpha value is -1.29. The molecule has 12 heavy (non-hydrogen) atoms. The molecule has 0 radical (unpaired) electrons. The fourth-order valence-corrected chi connectivity index (χ4v) is 0.833. The maximum absolute atomic E-state index is 11.1. The van der Waals surface area contributed by atoms with Gasteiger partial charge >= 0.3 is 0 Å². The van der Waals surface area contributed by atoms with Gasteiger partial charge in [-0.2, -0.15) is 0 Å². The number of aliphatic hydroxyl groups excluding tert-OH is 1. The summed E-state index contributed by atoms with van der Waals surface area (Å²) in [7, 11) is 0. The van der Waals surface area contributed by atoms with Gasteiger partial charge in [0, 0.05) is 6.54 Å². The van der Waals surface area contributed by atoms with Crippen LogP contribution in [0.25, 0.3) is 0 Å². The number of rotatable bonds is 3. The van der Waals surface area contributed by atoms with Crippen LogP contribution in [-0.2, 0) is 6.61 Å². The zero-order chi connectivity index (χ0) is 8.97. The van der Waals surface area contributed by atoms with Crippen molar-refractivity contribution in [3.8, 4) is 0 Å². The van der Waals surface area contributed by atoms with Crippen LogP contribution in [0.3, 0.4) is 0 Å². The van der Waals surface area contributed by atoms with E-state index in [1.165, 1.54) is 6.07 Å². The molecule has 0 aliphatic rings. The van der Waals surface area contributed by atoms with Gasteiger partial charge in [0.2, 0.25) is 0 Å². The molecule has 0 aliphatic carbocycles. The predicted octanol–water partition coefficient (Wildman–Crippen LogP) is 0.522. The summed E-state index contributed by atoms with van der Waals surface area (Å²) in [6, 6.07) is 3.11. The van der Waals surface area contributed by atoms with Gasteiger partial charge in [-0.25, -0.2) is 0 Å². The molecule has 0 atom stereocenters. The molecule has 0 aliphatic heterocycles. The van der Waals surface area contributed by atoms with Gasteiger partial charge < -0.3 is 14.8 Å². The quantitative estimate of drug-likeness (QED) is 0.693. The summed E-state index contributed by atoms with van der Waals surface area (Å²) in [5.74, 6) is 0.384. The lowest BCUT2D eigenvalue weighted by Crippen LogP contribution is -2.21. The molecule has 0 spiro atoms. The van der Waals surface area contributed by atoms with E-state index in [9.17, 15) is 4.79 Å². The second kappa shape index (κ2) is 3.92. The maximum Gasteiger partial charge on any atom is 0.286 e. The fourth-order valence-electron chi connectivity index (χ4n) is 0.833. The topological polar surface area (TPSA) is 62.5 Å². The molecular weight excluding hydrogens is 158 g/mol. The van der Waals surface area contributed by atoms with Gasteiger partial charge in [-0.05, 0) is 19.1 Å². The van der Waals surface area contributed by atoms with Crippen LogP contribution in [0.2, 0.25) is 0 Å². The molecule has 0 saturated heterocycles. The van der Waals surface area contributed by atoms with Crippen molar-refractivity contribution in [2.24, 2.45) is 0 Å². The SMILES string of the molecule is CCNC(=O)c1ccc(CO)o1. The summed E-state index contributed by atoms with van der Waals surface area (Å²) in [5, 5.41) is 11.2. The van der Waals surface area contributed by atoms with Crippen LogP contribution in [0.15, 0.2) is 16.5 Å². The molecule has 1 rings (SSSR count). The number of aliphatic hydroxyl groups is 1. The second-order valence-electron chi connectivity index (χ2n) is 2.28. The Morgan fingerprint density at radius 3 is 2.92 bits per heavy atom. The first-order valence-corrected chi connectivity index (χ1v) is 3.75. The fraction of sp³-hybridized carbons (Fsp3) is 0.375. The van der Waals surface area contributed by atoms with Gasteiger partial charge in [-0.15, -0.1) is 0 Å². The summed E-state index contributed by atoms with van der Waals surface area (Å²) >= 11 is 0. The van der Waals surface area contributed by atoms with Crippen molar-refractivity contribution in [3.05, 3.63) is 23.7 Å². The summed E-state index contributed by atoms with van der Waals surface area (Å²) in [4.78, 5) is 11.1. The lowest BCUT2D eigenvalue weighted by molar-refractivity contribution is 0.0923. The third-order valence-corrected chi connectivity index (χ3v) is 1.38. The normalized spacial score (nSPS) is 9.83.